The Kier molecular flexibility index (Phi) is 1.70. The number of hydrogen-bond acceptors (Lipinski definition) is 0. The highest BCUT2D eigenvalue weighted by Gasteiger charge is 2.55. The van der Waals surface area contributed by atoms with Gasteiger partial charge in [-0.05, 0) is 67.1 Å². The molecule has 0 aromatic heterocycles. The van der Waals surface area contributed by atoms with Crippen molar-refractivity contribution in [3.05, 3.63) is 0 Å². The third-order valence-electron chi connectivity index (χ3n) is 5.86. The van der Waals surface area contributed by atoms with E-state index in [1.807, 2.05) is 0 Å². The van der Waals surface area contributed by atoms with E-state index in [4.69, 9.17) is 0 Å². The van der Waals surface area contributed by atoms with Crippen LogP contribution in [-0.2, 0) is 0 Å². The summed E-state index contributed by atoms with van der Waals surface area (Å²) in [5.41, 5.74) is 1.28. The zero-order chi connectivity index (χ0) is 9.97. The summed E-state index contributed by atoms with van der Waals surface area (Å²) in [6.07, 6.45) is 9.39. The molecule has 0 nitrogen and oxygen atoms in total. The van der Waals surface area contributed by atoms with Crippen LogP contribution in [0.5, 0.6) is 0 Å². The zero-order valence-electron chi connectivity index (χ0n) is 9.97. The molecule has 3 saturated carbocycles. The average molecular weight is 192 g/mol. The summed E-state index contributed by atoms with van der Waals surface area (Å²) >= 11 is 0. The van der Waals surface area contributed by atoms with Crippen LogP contribution >= 0.6 is 0 Å². The fourth-order valence-electron chi connectivity index (χ4n) is 4.90. The molecule has 3 aliphatic carbocycles. The van der Waals surface area contributed by atoms with Gasteiger partial charge in [0.2, 0.25) is 0 Å². The van der Waals surface area contributed by atoms with E-state index in [0.717, 1.165) is 23.2 Å². The van der Waals surface area contributed by atoms with Gasteiger partial charge >= 0.3 is 0 Å². The molecule has 0 aliphatic heterocycles. The molecule has 4 unspecified atom stereocenters. The van der Waals surface area contributed by atoms with Gasteiger partial charge in [0.15, 0.2) is 0 Å². The Bertz CT molecular complexity index is 243. The molecule has 3 bridgehead atoms. The van der Waals surface area contributed by atoms with Crippen LogP contribution < -0.4 is 0 Å². The van der Waals surface area contributed by atoms with Crippen molar-refractivity contribution in [2.75, 3.05) is 0 Å². The first kappa shape index (κ1) is 9.24. The molecule has 0 heterocycles. The Labute approximate surface area is 88.5 Å². The molecule has 0 radical (unpaired) electrons. The molecule has 0 spiro atoms. The summed E-state index contributed by atoms with van der Waals surface area (Å²) in [5.74, 6) is 3.38. The van der Waals surface area contributed by atoms with Crippen molar-refractivity contribution in [3.8, 4) is 0 Å². The van der Waals surface area contributed by atoms with E-state index in [2.05, 4.69) is 20.8 Å². The van der Waals surface area contributed by atoms with Crippen LogP contribution in [-0.4, -0.2) is 0 Å². The standard InChI is InChI=1S/C14H24/c1-13(2,3)14-5-4-11-6-10(8-14)7-12(11)9-14/h10-12H,4-9H2,1-3H3. The molecule has 0 aromatic rings. The summed E-state index contributed by atoms with van der Waals surface area (Å²) in [6, 6.07) is 0. The van der Waals surface area contributed by atoms with Crippen LogP contribution in [0.25, 0.3) is 0 Å². The van der Waals surface area contributed by atoms with Crippen LogP contribution in [0.15, 0.2) is 0 Å². The Hall–Kier alpha value is 0. The number of rotatable bonds is 0. The van der Waals surface area contributed by atoms with Gasteiger partial charge in [-0.3, -0.25) is 0 Å². The van der Waals surface area contributed by atoms with E-state index in [1.165, 1.54) is 6.42 Å². The molecule has 0 heteroatoms. The van der Waals surface area contributed by atoms with Crippen molar-refractivity contribution >= 4 is 0 Å². The quantitative estimate of drug-likeness (QED) is 0.538. The lowest BCUT2D eigenvalue weighted by molar-refractivity contribution is -0.0282. The van der Waals surface area contributed by atoms with Crippen LogP contribution in [0.4, 0.5) is 0 Å². The third-order valence-corrected chi connectivity index (χ3v) is 5.86. The number of fused-ring (bicyclic) bond motifs is 2. The molecule has 3 rings (SSSR count). The van der Waals surface area contributed by atoms with Crippen LogP contribution in [0.1, 0.15) is 59.3 Å². The van der Waals surface area contributed by atoms with Crippen molar-refractivity contribution in [2.24, 2.45) is 28.6 Å². The van der Waals surface area contributed by atoms with Gasteiger partial charge in [-0.15, -0.1) is 0 Å². The minimum absolute atomic E-state index is 0.555. The van der Waals surface area contributed by atoms with Crippen molar-refractivity contribution in [1.82, 2.24) is 0 Å². The second kappa shape index (κ2) is 2.57. The minimum atomic E-state index is 0.555. The van der Waals surface area contributed by atoms with E-state index >= 15 is 0 Å². The van der Waals surface area contributed by atoms with Crippen LogP contribution in [0.3, 0.4) is 0 Å². The zero-order valence-corrected chi connectivity index (χ0v) is 9.97. The molecule has 3 fully saturated rings. The normalized spacial score (nSPS) is 51.2. The first-order valence-electron chi connectivity index (χ1n) is 6.50. The first-order chi connectivity index (χ1) is 6.50. The van der Waals surface area contributed by atoms with E-state index in [0.29, 0.717) is 5.41 Å². The summed E-state index contributed by atoms with van der Waals surface area (Å²) in [4.78, 5) is 0. The maximum Gasteiger partial charge on any atom is -0.0243 e. The predicted molar refractivity (Wildman–Crippen MR) is 60.1 cm³/mol. The molecule has 80 valence electrons. The van der Waals surface area contributed by atoms with Crippen LogP contribution in [0, 0.1) is 28.6 Å². The Morgan fingerprint density at radius 3 is 2.43 bits per heavy atom. The van der Waals surface area contributed by atoms with Gasteiger partial charge in [0.1, 0.15) is 0 Å². The van der Waals surface area contributed by atoms with Gasteiger partial charge in [0.05, 0.1) is 0 Å². The summed E-state index contributed by atoms with van der Waals surface area (Å²) in [5, 5.41) is 0. The van der Waals surface area contributed by atoms with E-state index in [1.54, 1.807) is 32.1 Å². The van der Waals surface area contributed by atoms with Gasteiger partial charge in [-0.1, -0.05) is 20.8 Å². The van der Waals surface area contributed by atoms with Crippen molar-refractivity contribution in [2.45, 2.75) is 59.3 Å². The molecule has 0 amide bonds. The fraction of sp³-hybridized carbons (Fsp3) is 1.00. The predicted octanol–water partition coefficient (Wildman–Crippen LogP) is 4.25. The lowest BCUT2D eigenvalue weighted by atomic mass is 9.52. The maximum atomic E-state index is 2.48. The van der Waals surface area contributed by atoms with Crippen LogP contribution in [0.2, 0.25) is 0 Å². The molecule has 14 heavy (non-hydrogen) atoms. The molecule has 0 saturated heterocycles. The highest BCUT2D eigenvalue weighted by Crippen LogP contribution is 2.65. The van der Waals surface area contributed by atoms with Crippen molar-refractivity contribution in [1.29, 1.82) is 0 Å². The topological polar surface area (TPSA) is 0 Å². The molecule has 0 aromatic carbocycles. The third kappa shape index (κ3) is 1.06. The Balaban J connectivity index is 1.96. The number of hydrogen-bond donors (Lipinski definition) is 0. The van der Waals surface area contributed by atoms with E-state index in [-0.39, 0.29) is 0 Å². The summed E-state index contributed by atoms with van der Waals surface area (Å²) in [7, 11) is 0. The largest absolute Gasteiger partial charge is 0.0596 e. The smallest absolute Gasteiger partial charge is 0.0243 e. The second-order valence-electron chi connectivity index (χ2n) is 7.33. The molecule has 3 aliphatic rings. The Morgan fingerprint density at radius 1 is 1.00 bits per heavy atom. The van der Waals surface area contributed by atoms with Crippen molar-refractivity contribution in [3.63, 3.8) is 0 Å². The first-order valence-corrected chi connectivity index (χ1v) is 6.50. The highest BCUT2D eigenvalue weighted by molar-refractivity contribution is 5.05. The van der Waals surface area contributed by atoms with Crippen molar-refractivity contribution < 1.29 is 0 Å². The average Bonchev–Trinajstić information content (AvgIpc) is 2.26. The van der Waals surface area contributed by atoms with E-state index in [9.17, 15) is 0 Å². The Morgan fingerprint density at radius 2 is 1.71 bits per heavy atom. The second-order valence-corrected chi connectivity index (χ2v) is 7.33. The van der Waals surface area contributed by atoms with Gasteiger partial charge in [-0.25, -0.2) is 0 Å². The molecular formula is C14H24. The minimum Gasteiger partial charge on any atom is -0.0596 e. The van der Waals surface area contributed by atoms with Gasteiger partial charge in [0, 0.05) is 0 Å². The van der Waals surface area contributed by atoms with Gasteiger partial charge in [0.25, 0.3) is 0 Å². The lowest BCUT2D eigenvalue weighted by Crippen LogP contribution is -2.43. The monoisotopic (exact) mass is 192 g/mol. The highest BCUT2D eigenvalue weighted by atomic mass is 14.6. The van der Waals surface area contributed by atoms with Gasteiger partial charge < -0.3 is 0 Å². The lowest BCUT2D eigenvalue weighted by Gasteiger charge is -2.53. The molecule has 0 N–H and O–H groups in total. The fourth-order valence-corrected chi connectivity index (χ4v) is 4.90. The molecular weight excluding hydrogens is 168 g/mol. The van der Waals surface area contributed by atoms with E-state index < -0.39 is 0 Å². The van der Waals surface area contributed by atoms with Gasteiger partial charge in [-0.2, -0.15) is 0 Å². The summed E-state index contributed by atoms with van der Waals surface area (Å²) in [6.45, 7) is 7.45. The summed E-state index contributed by atoms with van der Waals surface area (Å²) < 4.78 is 0. The molecule has 4 atom stereocenters. The maximum absolute atomic E-state index is 2.48. The SMILES string of the molecule is CC(C)(C)C12CCC3CC(CC3C1)C2.